The van der Waals surface area contributed by atoms with E-state index in [0.717, 1.165) is 37.0 Å². The summed E-state index contributed by atoms with van der Waals surface area (Å²) in [5, 5.41) is 11.1. The van der Waals surface area contributed by atoms with E-state index in [9.17, 15) is 5.11 Å². The lowest BCUT2D eigenvalue weighted by molar-refractivity contribution is -0.266. The third-order valence-corrected chi connectivity index (χ3v) is 9.60. The number of hydrogen-bond acceptors (Lipinski definition) is 3. The Hall–Kier alpha value is -0.560. The molecule has 0 aliphatic heterocycles. The molecule has 4 rings (SSSR count). The number of rotatable bonds is 2. The summed E-state index contributed by atoms with van der Waals surface area (Å²) in [7, 11) is 3.42. The fourth-order valence-electron chi connectivity index (χ4n) is 7.96. The zero-order chi connectivity index (χ0) is 19.3. The molecular formula is C24H38O3. The summed E-state index contributed by atoms with van der Waals surface area (Å²) < 4.78 is 10.8. The van der Waals surface area contributed by atoms with Crippen molar-refractivity contribution in [3.05, 3.63) is 0 Å². The minimum absolute atomic E-state index is 0.0606. The summed E-state index contributed by atoms with van der Waals surface area (Å²) in [6, 6.07) is 0. The molecule has 1 N–H and O–H groups in total. The van der Waals surface area contributed by atoms with Crippen molar-refractivity contribution in [2.75, 3.05) is 20.8 Å². The van der Waals surface area contributed by atoms with Gasteiger partial charge in [-0.15, -0.1) is 0 Å². The average Bonchev–Trinajstić information content (AvgIpc) is 2.94. The van der Waals surface area contributed by atoms with Crippen molar-refractivity contribution in [2.45, 2.75) is 77.4 Å². The van der Waals surface area contributed by atoms with Crippen LogP contribution in [0.5, 0.6) is 0 Å². The van der Waals surface area contributed by atoms with Gasteiger partial charge in [0.25, 0.3) is 0 Å². The van der Waals surface area contributed by atoms with Crippen molar-refractivity contribution in [3.8, 4) is 11.8 Å². The van der Waals surface area contributed by atoms with Gasteiger partial charge in [0.1, 0.15) is 6.61 Å². The van der Waals surface area contributed by atoms with Crippen molar-refractivity contribution >= 4 is 0 Å². The van der Waals surface area contributed by atoms with Gasteiger partial charge in [-0.05, 0) is 80.5 Å². The third kappa shape index (κ3) is 2.90. The molecule has 3 heteroatoms. The lowest BCUT2D eigenvalue weighted by Gasteiger charge is -2.61. The van der Waals surface area contributed by atoms with E-state index in [1.165, 1.54) is 38.5 Å². The summed E-state index contributed by atoms with van der Waals surface area (Å²) in [6.45, 7) is 5.46. The first-order valence-corrected chi connectivity index (χ1v) is 11.1. The van der Waals surface area contributed by atoms with Gasteiger partial charge in [0.15, 0.2) is 5.79 Å². The standard InChI is InChI=1S/C24H38O3/c1-22-12-9-17(6-5-15-26-3)16-18(22)7-8-19-20(22)10-13-23(2)21(19)11-14-24(23,25)27-4/h17-21,25H,7-16H2,1-4H3/t17?,18?,19-,20-,21+,22+,23+,24?/m1/s1. The summed E-state index contributed by atoms with van der Waals surface area (Å²) in [5.74, 6) is 9.38. The fraction of sp³-hybridized carbons (Fsp3) is 0.917. The molecule has 3 nitrogen and oxygen atoms in total. The molecule has 27 heavy (non-hydrogen) atoms. The Bertz CT molecular complexity index is 621. The van der Waals surface area contributed by atoms with Crippen LogP contribution in [0.4, 0.5) is 0 Å². The molecule has 4 fully saturated rings. The molecule has 0 aromatic heterocycles. The summed E-state index contributed by atoms with van der Waals surface area (Å²) in [6.07, 6.45) is 10.8. The molecule has 0 amide bonds. The fourth-order valence-corrected chi connectivity index (χ4v) is 7.96. The maximum Gasteiger partial charge on any atom is 0.170 e. The third-order valence-electron chi connectivity index (χ3n) is 9.60. The van der Waals surface area contributed by atoms with Crippen LogP contribution in [0.1, 0.15) is 71.6 Å². The van der Waals surface area contributed by atoms with Gasteiger partial charge >= 0.3 is 0 Å². The van der Waals surface area contributed by atoms with Crippen LogP contribution in [0.25, 0.3) is 0 Å². The smallest absolute Gasteiger partial charge is 0.170 e. The van der Waals surface area contributed by atoms with Gasteiger partial charge in [0.05, 0.1) is 0 Å². The van der Waals surface area contributed by atoms with Crippen molar-refractivity contribution in [2.24, 2.45) is 40.4 Å². The van der Waals surface area contributed by atoms with E-state index < -0.39 is 5.79 Å². The van der Waals surface area contributed by atoms with Crippen molar-refractivity contribution in [1.29, 1.82) is 0 Å². The van der Waals surface area contributed by atoms with Crippen molar-refractivity contribution in [3.63, 3.8) is 0 Å². The molecular weight excluding hydrogens is 336 g/mol. The van der Waals surface area contributed by atoms with Gasteiger partial charge in [-0.25, -0.2) is 0 Å². The van der Waals surface area contributed by atoms with E-state index in [2.05, 4.69) is 25.7 Å². The number of aliphatic hydroxyl groups is 1. The lowest BCUT2D eigenvalue weighted by Crippen LogP contribution is -2.57. The van der Waals surface area contributed by atoms with Crippen LogP contribution in [0.3, 0.4) is 0 Å². The van der Waals surface area contributed by atoms with Crippen LogP contribution in [0, 0.1) is 52.3 Å². The van der Waals surface area contributed by atoms with Crippen LogP contribution in [0.2, 0.25) is 0 Å². The molecule has 0 radical (unpaired) electrons. The van der Waals surface area contributed by atoms with Gasteiger partial charge < -0.3 is 14.6 Å². The van der Waals surface area contributed by atoms with E-state index in [1.807, 2.05) is 0 Å². The van der Waals surface area contributed by atoms with E-state index in [4.69, 9.17) is 9.47 Å². The molecule has 0 aromatic rings. The second-order valence-electron chi connectivity index (χ2n) is 10.4. The summed E-state index contributed by atoms with van der Waals surface area (Å²) in [4.78, 5) is 0. The van der Waals surface area contributed by atoms with Crippen LogP contribution in [-0.2, 0) is 9.47 Å². The van der Waals surface area contributed by atoms with Gasteiger partial charge in [0, 0.05) is 32.0 Å². The lowest BCUT2D eigenvalue weighted by atomic mass is 9.44. The maximum atomic E-state index is 11.1. The van der Waals surface area contributed by atoms with Crippen LogP contribution in [-0.4, -0.2) is 31.7 Å². The van der Waals surface area contributed by atoms with Crippen molar-refractivity contribution in [1.82, 2.24) is 0 Å². The Balaban J connectivity index is 1.52. The molecule has 4 aliphatic rings. The zero-order valence-corrected chi connectivity index (χ0v) is 17.7. The molecule has 8 atom stereocenters. The highest BCUT2D eigenvalue weighted by Crippen LogP contribution is 2.68. The molecule has 152 valence electrons. The molecule has 4 aliphatic carbocycles. The maximum absolute atomic E-state index is 11.1. The largest absolute Gasteiger partial charge is 0.372 e. The number of fused-ring (bicyclic) bond motifs is 5. The molecule has 0 heterocycles. The zero-order valence-electron chi connectivity index (χ0n) is 17.7. The first kappa shape index (κ1) is 19.7. The van der Waals surface area contributed by atoms with Gasteiger partial charge in [-0.1, -0.05) is 25.7 Å². The van der Waals surface area contributed by atoms with Crippen LogP contribution >= 0.6 is 0 Å². The van der Waals surface area contributed by atoms with Gasteiger partial charge in [-0.2, -0.15) is 0 Å². The first-order valence-electron chi connectivity index (χ1n) is 11.1. The second kappa shape index (κ2) is 7.05. The average molecular weight is 375 g/mol. The predicted octanol–water partition coefficient (Wildman–Crippen LogP) is 4.63. The molecule has 0 spiro atoms. The summed E-state index contributed by atoms with van der Waals surface area (Å²) >= 11 is 0. The summed E-state index contributed by atoms with van der Waals surface area (Å²) in [5.41, 5.74) is 0.409. The Morgan fingerprint density at radius 2 is 1.74 bits per heavy atom. The highest BCUT2D eigenvalue weighted by atomic mass is 16.6. The first-order chi connectivity index (χ1) is 12.9. The minimum atomic E-state index is -0.908. The van der Waals surface area contributed by atoms with Gasteiger partial charge in [0.2, 0.25) is 0 Å². The SMILES string of the molecule is COCC#CC1CC[C@@]2(C)C(CC[C@@H]3[C@H]2CC[C@@]2(C)[C@H]3CCC2(O)OC)C1. The molecule has 0 aromatic carbocycles. The quantitative estimate of drug-likeness (QED) is 0.566. The van der Waals surface area contributed by atoms with Gasteiger partial charge in [-0.3, -0.25) is 0 Å². The van der Waals surface area contributed by atoms with E-state index in [0.29, 0.717) is 23.9 Å². The normalized spacial score (nSPS) is 51.5. The molecule has 0 saturated heterocycles. The number of ether oxygens (including phenoxy) is 2. The number of methoxy groups -OCH3 is 2. The monoisotopic (exact) mass is 374 g/mol. The predicted molar refractivity (Wildman–Crippen MR) is 107 cm³/mol. The highest BCUT2D eigenvalue weighted by Gasteiger charge is 2.65. The Morgan fingerprint density at radius 1 is 0.963 bits per heavy atom. The topological polar surface area (TPSA) is 38.7 Å². The highest BCUT2D eigenvalue weighted by molar-refractivity contribution is 5.14. The minimum Gasteiger partial charge on any atom is -0.372 e. The molecule has 4 saturated carbocycles. The van der Waals surface area contributed by atoms with Crippen LogP contribution < -0.4 is 0 Å². The Morgan fingerprint density at radius 3 is 2.48 bits per heavy atom. The molecule has 0 bridgehead atoms. The van der Waals surface area contributed by atoms with E-state index >= 15 is 0 Å². The molecule has 3 unspecified atom stereocenters. The van der Waals surface area contributed by atoms with E-state index in [-0.39, 0.29) is 5.41 Å². The van der Waals surface area contributed by atoms with Crippen LogP contribution in [0.15, 0.2) is 0 Å². The number of hydrogen-bond donors (Lipinski definition) is 1. The van der Waals surface area contributed by atoms with E-state index in [1.54, 1.807) is 14.2 Å². The Kier molecular flexibility index (Phi) is 5.15. The second-order valence-corrected chi connectivity index (χ2v) is 10.4. The Labute approximate surface area is 165 Å². The van der Waals surface area contributed by atoms with Crippen molar-refractivity contribution < 1.29 is 14.6 Å².